The minimum absolute atomic E-state index is 0.102. The van der Waals surface area contributed by atoms with Crippen LogP contribution in [0.1, 0.15) is 12.0 Å². The van der Waals surface area contributed by atoms with Crippen molar-refractivity contribution in [3.05, 3.63) is 54.4 Å². The van der Waals surface area contributed by atoms with Crippen LogP contribution in [0.15, 0.2) is 48.8 Å². The molecule has 3 N–H and O–H groups in total. The molecule has 29 heavy (non-hydrogen) atoms. The molecule has 1 aliphatic heterocycles. The number of rotatable bonds is 7. The lowest BCUT2D eigenvalue weighted by atomic mass is 10.2. The number of amides is 4. The lowest BCUT2D eigenvalue weighted by molar-refractivity contribution is -0.123. The fourth-order valence-electron chi connectivity index (χ4n) is 2.96. The predicted octanol–water partition coefficient (Wildman–Crippen LogP) is 1.99. The van der Waals surface area contributed by atoms with E-state index in [0.29, 0.717) is 30.1 Å². The highest BCUT2D eigenvalue weighted by molar-refractivity contribution is 7.98. The Hall–Kier alpha value is -3.07. The van der Waals surface area contributed by atoms with Gasteiger partial charge in [-0.15, -0.1) is 0 Å². The summed E-state index contributed by atoms with van der Waals surface area (Å²) in [6, 6.07) is 9.56. The van der Waals surface area contributed by atoms with E-state index in [2.05, 4.69) is 20.9 Å². The van der Waals surface area contributed by atoms with Gasteiger partial charge in [0.15, 0.2) is 0 Å². The molecule has 1 atom stereocenters. The number of hydrogen-bond donors (Lipinski definition) is 3. The first-order valence-electron chi connectivity index (χ1n) is 9.21. The molecule has 1 aromatic carbocycles. The minimum atomic E-state index is -0.705. The highest BCUT2D eigenvalue weighted by Crippen LogP contribution is 2.28. The van der Waals surface area contributed by atoms with Crippen LogP contribution in [0.5, 0.6) is 0 Å². The second-order valence-corrected chi connectivity index (χ2v) is 7.50. The van der Waals surface area contributed by atoms with E-state index in [1.807, 2.05) is 12.3 Å². The Morgan fingerprint density at radius 1 is 1.28 bits per heavy atom. The quantitative estimate of drug-likeness (QED) is 0.644. The summed E-state index contributed by atoms with van der Waals surface area (Å²) in [6.45, 7) is 0.225. The van der Waals surface area contributed by atoms with E-state index in [9.17, 15) is 14.4 Å². The highest BCUT2D eigenvalue weighted by Gasteiger charge is 2.29. The van der Waals surface area contributed by atoms with Crippen molar-refractivity contribution in [1.29, 1.82) is 0 Å². The van der Waals surface area contributed by atoms with Crippen LogP contribution in [-0.4, -0.2) is 47.4 Å². The van der Waals surface area contributed by atoms with Crippen LogP contribution in [0.3, 0.4) is 0 Å². The number of thioether (sulfide) groups is 1. The molecule has 1 aromatic heterocycles. The molecule has 0 saturated heterocycles. The minimum Gasteiger partial charge on any atom is -0.350 e. The van der Waals surface area contributed by atoms with Crippen molar-refractivity contribution in [1.82, 2.24) is 15.6 Å². The Kier molecular flexibility index (Phi) is 7.07. The molecule has 0 bridgehead atoms. The third-order valence-electron chi connectivity index (χ3n) is 4.43. The standard InChI is InChI=1S/C20H23N5O3S/c1-29-10-8-16(19(27)22-12-14-5-4-9-21-11-14)24-20(28)25-13-18(26)23-15-6-2-3-7-17(15)25/h2-7,9,11,16H,8,10,12-13H2,1H3,(H,22,27)(H,23,26)(H,24,28)/t16-/m0/s1. The van der Waals surface area contributed by atoms with E-state index in [1.165, 1.54) is 4.90 Å². The van der Waals surface area contributed by atoms with Gasteiger partial charge in [-0.05, 0) is 42.2 Å². The summed E-state index contributed by atoms with van der Waals surface area (Å²) < 4.78 is 0. The number of pyridine rings is 1. The smallest absolute Gasteiger partial charge is 0.323 e. The summed E-state index contributed by atoms with van der Waals surface area (Å²) in [5, 5.41) is 8.37. The Morgan fingerprint density at radius 2 is 2.10 bits per heavy atom. The summed E-state index contributed by atoms with van der Waals surface area (Å²) in [7, 11) is 0. The number of urea groups is 1. The van der Waals surface area contributed by atoms with Crippen molar-refractivity contribution in [2.45, 2.75) is 19.0 Å². The maximum Gasteiger partial charge on any atom is 0.323 e. The number of aromatic nitrogens is 1. The fourth-order valence-corrected chi connectivity index (χ4v) is 3.43. The zero-order chi connectivity index (χ0) is 20.6. The predicted molar refractivity (Wildman–Crippen MR) is 114 cm³/mol. The average Bonchev–Trinajstić information content (AvgIpc) is 2.74. The molecular weight excluding hydrogens is 390 g/mol. The Morgan fingerprint density at radius 3 is 2.86 bits per heavy atom. The van der Waals surface area contributed by atoms with Crippen LogP contribution >= 0.6 is 11.8 Å². The summed E-state index contributed by atoms with van der Waals surface area (Å²) in [5.74, 6) is 0.161. The SMILES string of the molecule is CSCC[C@H](NC(=O)N1CC(=O)Nc2ccccc21)C(=O)NCc1cccnc1. The third-order valence-corrected chi connectivity index (χ3v) is 5.07. The molecule has 0 radical (unpaired) electrons. The Labute approximate surface area is 173 Å². The van der Waals surface area contributed by atoms with Crippen molar-refractivity contribution in [3.63, 3.8) is 0 Å². The van der Waals surface area contributed by atoms with Crippen molar-refractivity contribution in [2.75, 3.05) is 28.8 Å². The molecule has 4 amide bonds. The molecule has 2 aromatic rings. The second-order valence-electron chi connectivity index (χ2n) is 6.51. The van der Waals surface area contributed by atoms with Gasteiger partial charge in [-0.2, -0.15) is 11.8 Å². The zero-order valence-electron chi connectivity index (χ0n) is 16.1. The third kappa shape index (κ3) is 5.47. The van der Waals surface area contributed by atoms with E-state index >= 15 is 0 Å². The number of para-hydroxylation sites is 2. The molecule has 0 aliphatic carbocycles. The second kappa shape index (κ2) is 9.92. The van der Waals surface area contributed by atoms with Gasteiger partial charge >= 0.3 is 6.03 Å². The molecule has 0 saturated carbocycles. The first-order valence-corrected chi connectivity index (χ1v) is 10.6. The lowest BCUT2D eigenvalue weighted by Gasteiger charge is -2.30. The van der Waals surface area contributed by atoms with Crippen LogP contribution < -0.4 is 20.9 Å². The summed E-state index contributed by atoms with van der Waals surface area (Å²) in [5.41, 5.74) is 2.04. The first kappa shape index (κ1) is 20.7. The molecule has 0 fully saturated rings. The van der Waals surface area contributed by atoms with Crippen molar-refractivity contribution in [3.8, 4) is 0 Å². The van der Waals surface area contributed by atoms with E-state index in [-0.39, 0.29) is 18.4 Å². The topological polar surface area (TPSA) is 103 Å². The van der Waals surface area contributed by atoms with Crippen molar-refractivity contribution < 1.29 is 14.4 Å². The molecule has 152 valence electrons. The number of fused-ring (bicyclic) bond motifs is 1. The molecule has 2 heterocycles. The molecule has 0 spiro atoms. The van der Waals surface area contributed by atoms with Gasteiger partial charge in [-0.1, -0.05) is 18.2 Å². The summed E-state index contributed by atoms with van der Waals surface area (Å²) >= 11 is 1.59. The number of hydrogen-bond acceptors (Lipinski definition) is 5. The maximum absolute atomic E-state index is 12.9. The number of nitrogens with zero attached hydrogens (tertiary/aromatic N) is 2. The monoisotopic (exact) mass is 413 g/mol. The number of benzene rings is 1. The van der Waals surface area contributed by atoms with Crippen LogP contribution in [0.25, 0.3) is 0 Å². The van der Waals surface area contributed by atoms with Gasteiger partial charge in [0, 0.05) is 18.9 Å². The van der Waals surface area contributed by atoms with Gasteiger partial charge in [0.25, 0.3) is 0 Å². The maximum atomic E-state index is 12.9. The molecular formula is C20H23N5O3S. The Bertz CT molecular complexity index is 877. The molecule has 9 heteroatoms. The summed E-state index contributed by atoms with van der Waals surface area (Å²) in [4.78, 5) is 42.9. The van der Waals surface area contributed by atoms with Gasteiger partial charge in [0.2, 0.25) is 11.8 Å². The van der Waals surface area contributed by atoms with Gasteiger partial charge in [-0.25, -0.2) is 4.79 Å². The zero-order valence-corrected chi connectivity index (χ0v) is 16.9. The largest absolute Gasteiger partial charge is 0.350 e. The highest BCUT2D eigenvalue weighted by atomic mass is 32.2. The number of anilines is 2. The van der Waals surface area contributed by atoms with E-state index in [0.717, 1.165) is 5.56 Å². The van der Waals surface area contributed by atoms with Crippen LogP contribution in [0.2, 0.25) is 0 Å². The average molecular weight is 414 g/mol. The van der Waals surface area contributed by atoms with Crippen molar-refractivity contribution >= 4 is 41.0 Å². The van der Waals surface area contributed by atoms with Crippen LogP contribution in [0.4, 0.5) is 16.2 Å². The van der Waals surface area contributed by atoms with E-state index < -0.39 is 12.1 Å². The Balaban J connectivity index is 1.68. The van der Waals surface area contributed by atoms with Gasteiger partial charge < -0.3 is 16.0 Å². The van der Waals surface area contributed by atoms with Gasteiger partial charge in [0.1, 0.15) is 12.6 Å². The van der Waals surface area contributed by atoms with E-state index in [1.54, 1.807) is 54.5 Å². The number of nitrogens with one attached hydrogen (secondary N) is 3. The lowest BCUT2D eigenvalue weighted by Crippen LogP contribution is -2.54. The van der Waals surface area contributed by atoms with Gasteiger partial charge in [0.05, 0.1) is 11.4 Å². The van der Waals surface area contributed by atoms with Crippen LogP contribution in [0, 0.1) is 0 Å². The number of carbonyl (C=O) groups is 3. The fraction of sp³-hybridized carbons (Fsp3) is 0.300. The molecule has 0 unspecified atom stereocenters. The number of carbonyl (C=O) groups excluding carboxylic acids is 3. The molecule has 3 rings (SSSR count). The van der Waals surface area contributed by atoms with Gasteiger partial charge in [-0.3, -0.25) is 19.5 Å². The first-order chi connectivity index (χ1) is 14.1. The molecule has 8 nitrogen and oxygen atoms in total. The van der Waals surface area contributed by atoms with Crippen LogP contribution in [-0.2, 0) is 16.1 Å². The molecule has 1 aliphatic rings. The normalized spacial score (nSPS) is 13.8. The summed E-state index contributed by atoms with van der Waals surface area (Å²) in [6.07, 6.45) is 5.77. The van der Waals surface area contributed by atoms with E-state index in [4.69, 9.17) is 0 Å². The van der Waals surface area contributed by atoms with Crippen molar-refractivity contribution in [2.24, 2.45) is 0 Å².